The predicted octanol–water partition coefficient (Wildman–Crippen LogP) is 6.86. The van der Waals surface area contributed by atoms with E-state index in [9.17, 15) is 4.79 Å². The third-order valence-corrected chi connectivity index (χ3v) is 6.01. The zero-order chi connectivity index (χ0) is 24.8. The van der Waals surface area contributed by atoms with Crippen LogP contribution in [0.25, 0.3) is 16.9 Å². The summed E-state index contributed by atoms with van der Waals surface area (Å²) >= 11 is 5.95. The zero-order valence-corrected chi connectivity index (χ0v) is 21.0. The second-order valence-corrected chi connectivity index (χ2v) is 9.42. The van der Waals surface area contributed by atoms with Crippen LogP contribution in [0.4, 0.5) is 0 Å². The number of nitrogens with zero attached hydrogens (tertiary/aromatic N) is 2. The first kappa shape index (κ1) is 24.6. The normalized spacial score (nSPS) is 11.0. The van der Waals surface area contributed by atoms with E-state index in [1.165, 1.54) is 0 Å². The summed E-state index contributed by atoms with van der Waals surface area (Å²) in [4.78, 5) is 12.7. The molecule has 0 atom stereocenters. The van der Waals surface area contributed by atoms with E-state index >= 15 is 0 Å². The highest BCUT2D eigenvalue weighted by Crippen LogP contribution is 2.29. The van der Waals surface area contributed by atoms with Gasteiger partial charge in [-0.2, -0.15) is 5.10 Å². The van der Waals surface area contributed by atoms with Gasteiger partial charge in [-0.3, -0.25) is 4.79 Å². The average Bonchev–Trinajstić information content (AvgIpc) is 3.28. The first-order chi connectivity index (χ1) is 16.9. The van der Waals surface area contributed by atoms with Gasteiger partial charge >= 0.3 is 0 Å². The van der Waals surface area contributed by atoms with Crippen molar-refractivity contribution >= 4 is 17.5 Å². The number of carbonyl (C=O) groups is 1. The van der Waals surface area contributed by atoms with Gasteiger partial charge in [0, 0.05) is 34.5 Å². The molecular formula is C29H30ClN3O2. The molecule has 0 aliphatic rings. The molecule has 0 bridgehead atoms. The Hall–Kier alpha value is -3.57. The molecule has 0 saturated heterocycles. The van der Waals surface area contributed by atoms with Gasteiger partial charge in [0.25, 0.3) is 5.91 Å². The molecule has 1 amide bonds. The molecule has 180 valence electrons. The Kier molecular flexibility index (Phi) is 7.88. The lowest BCUT2D eigenvalue weighted by Gasteiger charge is -2.12. The van der Waals surface area contributed by atoms with Crippen LogP contribution in [0.15, 0.2) is 79.0 Å². The minimum Gasteiger partial charge on any atom is -0.493 e. The molecule has 1 heterocycles. The number of hydrogen-bond donors (Lipinski definition) is 1. The van der Waals surface area contributed by atoms with Crippen LogP contribution in [0, 0.1) is 12.8 Å². The molecule has 4 aromatic rings. The van der Waals surface area contributed by atoms with Crippen LogP contribution < -0.4 is 10.1 Å². The van der Waals surface area contributed by atoms with E-state index in [-0.39, 0.29) is 5.91 Å². The third-order valence-electron chi connectivity index (χ3n) is 5.76. The van der Waals surface area contributed by atoms with Crippen molar-refractivity contribution in [1.29, 1.82) is 0 Å². The molecule has 0 radical (unpaired) electrons. The Morgan fingerprint density at radius 2 is 1.80 bits per heavy atom. The number of amides is 1. The molecule has 0 fully saturated rings. The Labute approximate surface area is 211 Å². The number of para-hydroxylation sites is 1. The molecule has 3 aromatic carbocycles. The fourth-order valence-corrected chi connectivity index (χ4v) is 3.86. The Morgan fingerprint density at radius 3 is 2.49 bits per heavy atom. The number of nitrogens with one attached hydrogen (secondary N) is 1. The summed E-state index contributed by atoms with van der Waals surface area (Å²) < 4.78 is 7.84. The van der Waals surface area contributed by atoms with E-state index in [0.29, 0.717) is 29.7 Å². The van der Waals surface area contributed by atoms with Crippen LogP contribution in [0.1, 0.15) is 41.8 Å². The van der Waals surface area contributed by atoms with Crippen molar-refractivity contribution in [3.05, 3.63) is 101 Å². The number of aryl methyl sites for hydroxylation is 1. The zero-order valence-electron chi connectivity index (χ0n) is 20.3. The van der Waals surface area contributed by atoms with E-state index < -0.39 is 0 Å². The molecule has 0 spiro atoms. The molecular weight excluding hydrogens is 458 g/mol. The number of benzene rings is 3. The molecule has 0 saturated carbocycles. The highest BCUT2D eigenvalue weighted by Gasteiger charge is 2.15. The predicted molar refractivity (Wildman–Crippen MR) is 141 cm³/mol. The standard InChI is InChI=1S/C29H30ClN3O2/c1-20(2)15-16-35-27-14-11-23(17-21(27)3)28-24(19-33(32-28)26-7-5-4-6-8-26)18-31-29(34)22-9-12-25(30)13-10-22/h4-14,17,19-20H,15-16,18H2,1-3H3,(H,31,34). The van der Waals surface area contributed by atoms with Crippen LogP contribution >= 0.6 is 11.6 Å². The fourth-order valence-electron chi connectivity index (χ4n) is 3.74. The lowest BCUT2D eigenvalue weighted by molar-refractivity contribution is 0.0951. The Morgan fingerprint density at radius 1 is 1.06 bits per heavy atom. The summed E-state index contributed by atoms with van der Waals surface area (Å²) in [5.41, 5.74) is 5.28. The number of halogens is 1. The van der Waals surface area contributed by atoms with Gasteiger partial charge in [-0.25, -0.2) is 4.68 Å². The van der Waals surface area contributed by atoms with Gasteiger partial charge in [-0.1, -0.05) is 43.6 Å². The van der Waals surface area contributed by atoms with Gasteiger partial charge in [0.2, 0.25) is 0 Å². The van der Waals surface area contributed by atoms with Crippen molar-refractivity contribution in [1.82, 2.24) is 15.1 Å². The number of carbonyl (C=O) groups excluding carboxylic acids is 1. The van der Waals surface area contributed by atoms with Crippen LogP contribution in [-0.4, -0.2) is 22.3 Å². The maximum absolute atomic E-state index is 12.7. The molecule has 35 heavy (non-hydrogen) atoms. The maximum Gasteiger partial charge on any atom is 0.251 e. The highest BCUT2D eigenvalue weighted by atomic mass is 35.5. The van der Waals surface area contributed by atoms with Crippen molar-refractivity contribution in [3.8, 4) is 22.7 Å². The quantitative estimate of drug-likeness (QED) is 0.280. The summed E-state index contributed by atoms with van der Waals surface area (Å²) in [6.07, 6.45) is 2.98. The third kappa shape index (κ3) is 6.31. The van der Waals surface area contributed by atoms with E-state index in [2.05, 4.69) is 25.2 Å². The molecule has 6 heteroatoms. The second kappa shape index (κ2) is 11.2. The van der Waals surface area contributed by atoms with E-state index in [4.69, 9.17) is 21.4 Å². The van der Waals surface area contributed by atoms with Gasteiger partial charge in [-0.15, -0.1) is 0 Å². The number of ether oxygens (including phenoxy) is 1. The molecule has 0 aliphatic heterocycles. The first-order valence-corrected chi connectivity index (χ1v) is 12.2. The Balaban J connectivity index is 1.60. The monoisotopic (exact) mass is 487 g/mol. The van der Waals surface area contributed by atoms with Gasteiger partial charge in [0.15, 0.2) is 0 Å². The van der Waals surface area contributed by atoms with Gasteiger partial charge < -0.3 is 10.1 Å². The SMILES string of the molecule is Cc1cc(-c2nn(-c3ccccc3)cc2CNC(=O)c2ccc(Cl)cc2)ccc1OCCC(C)C. The summed E-state index contributed by atoms with van der Waals surface area (Å²) in [5, 5.41) is 8.49. The minimum atomic E-state index is -0.162. The van der Waals surface area contributed by atoms with Gasteiger partial charge in [0.05, 0.1) is 18.0 Å². The van der Waals surface area contributed by atoms with E-state index in [0.717, 1.165) is 40.2 Å². The lowest BCUT2D eigenvalue weighted by atomic mass is 10.0. The van der Waals surface area contributed by atoms with Gasteiger partial charge in [0.1, 0.15) is 5.75 Å². The first-order valence-electron chi connectivity index (χ1n) is 11.8. The molecule has 1 N–H and O–H groups in total. The van der Waals surface area contributed by atoms with E-state index in [1.54, 1.807) is 24.3 Å². The second-order valence-electron chi connectivity index (χ2n) is 8.98. The number of hydrogen-bond acceptors (Lipinski definition) is 3. The summed E-state index contributed by atoms with van der Waals surface area (Å²) in [6.45, 7) is 7.47. The Bertz CT molecular complexity index is 1280. The summed E-state index contributed by atoms with van der Waals surface area (Å²) in [5.74, 6) is 1.32. The largest absolute Gasteiger partial charge is 0.493 e. The van der Waals surface area contributed by atoms with Crippen molar-refractivity contribution < 1.29 is 9.53 Å². The van der Waals surface area contributed by atoms with Crippen molar-refractivity contribution in [3.63, 3.8) is 0 Å². The van der Waals surface area contributed by atoms with Gasteiger partial charge in [-0.05, 0) is 79.4 Å². The topological polar surface area (TPSA) is 56.2 Å². The van der Waals surface area contributed by atoms with Crippen LogP contribution in [0.3, 0.4) is 0 Å². The lowest BCUT2D eigenvalue weighted by Crippen LogP contribution is -2.22. The summed E-state index contributed by atoms with van der Waals surface area (Å²) in [6, 6.07) is 22.9. The molecule has 5 nitrogen and oxygen atoms in total. The molecule has 0 aliphatic carbocycles. The average molecular weight is 488 g/mol. The van der Waals surface area contributed by atoms with Crippen molar-refractivity contribution in [2.45, 2.75) is 33.7 Å². The highest BCUT2D eigenvalue weighted by molar-refractivity contribution is 6.30. The van der Waals surface area contributed by atoms with Crippen LogP contribution in [0.2, 0.25) is 5.02 Å². The number of aromatic nitrogens is 2. The van der Waals surface area contributed by atoms with Crippen molar-refractivity contribution in [2.75, 3.05) is 6.61 Å². The molecule has 0 unspecified atom stereocenters. The summed E-state index contributed by atoms with van der Waals surface area (Å²) in [7, 11) is 0. The van der Waals surface area contributed by atoms with E-state index in [1.807, 2.05) is 60.3 Å². The fraction of sp³-hybridized carbons (Fsp3) is 0.241. The maximum atomic E-state index is 12.7. The molecule has 1 aromatic heterocycles. The van der Waals surface area contributed by atoms with Crippen molar-refractivity contribution in [2.24, 2.45) is 5.92 Å². The van der Waals surface area contributed by atoms with Crippen LogP contribution in [0.5, 0.6) is 5.75 Å². The number of rotatable bonds is 9. The van der Waals surface area contributed by atoms with Crippen LogP contribution in [-0.2, 0) is 6.54 Å². The smallest absolute Gasteiger partial charge is 0.251 e. The molecule has 4 rings (SSSR count). The minimum absolute atomic E-state index is 0.162.